The predicted molar refractivity (Wildman–Crippen MR) is 92.9 cm³/mol. The minimum Gasteiger partial charge on any atom is -0.329 e. The Kier molecular flexibility index (Phi) is 6.45. The minimum atomic E-state index is -3.55. The highest BCUT2D eigenvalue weighted by Crippen LogP contribution is 2.34. The van der Waals surface area contributed by atoms with Gasteiger partial charge in [0.1, 0.15) is 0 Å². The van der Waals surface area contributed by atoms with Gasteiger partial charge in [-0.1, -0.05) is 31.9 Å². The number of rotatable bonds is 4. The Balaban J connectivity index is 0.00000242. The highest BCUT2D eigenvalue weighted by molar-refractivity contribution is 7.89. The predicted octanol–water partition coefficient (Wildman–Crippen LogP) is 2.91. The maximum Gasteiger partial charge on any atom is 0.241 e. The molecule has 0 heterocycles. The molecule has 0 aromatic heterocycles. The summed E-state index contributed by atoms with van der Waals surface area (Å²) < 4.78 is 28.6. The molecule has 1 fully saturated rings. The van der Waals surface area contributed by atoms with Gasteiger partial charge in [0.05, 0.1) is 4.90 Å². The molecular weight excluding hydrogens is 320 g/mol. The third-order valence-electron chi connectivity index (χ3n) is 4.79. The molecule has 0 amide bonds. The van der Waals surface area contributed by atoms with Gasteiger partial charge in [-0.2, -0.15) is 0 Å². The number of aryl methyl sites for hydroxylation is 2. The molecular formula is C16H27ClN2O2S. The zero-order chi connectivity index (χ0) is 15.7. The van der Waals surface area contributed by atoms with Gasteiger partial charge in [-0.05, 0) is 49.8 Å². The first kappa shape index (κ1) is 19.4. The zero-order valence-corrected chi connectivity index (χ0v) is 15.2. The van der Waals surface area contributed by atoms with Gasteiger partial charge in [0.15, 0.2) is 0 Å². The van der Waals surface area contributed by atoms with Crippen LogP contribution < -0.4 is 10.5 Å². The first-order valence-corrected chi connectivity index (χ1v) is 9.10. The Labute approximate surface area is 140 Å². The van der Waals surface area contributed by atoms with Gasteiger partial charge in [0, 0.05) is 12.1 Å². The molecule has 1 aromatic rings. The lowest BCUT2D eigenvalue weighted by atomic mass is 9.74. The summed E-state index contributed by atoms with van der Waals surface area (Å²) in [5.74, 6) is 0.260. The highest BCUT2D eigenvalue weighted by atomic mass is 35.5. The van der Waals surface area contributed by atoms with Crippen LogP contribution in [-0.2, 0) is 10.0 Å². The molecule has 2 rings (SSSR count). The van der Waals surface area contributed by atoms with Crippen LogP contribution in [0.25, 0.3) is 0 Å². The number of nitrogens with two attached hydrogens (primary N) is 1. The van der Waals surface area contributed by atoms with E-state index in [2.05, 4.69) is 11.6 Å². The van der Waals surface area contributed by atoms with Crippen LogP contribution in [-0.4, -0.2) is 20.5 Å². The Morgan fingerprint density at radius 3 is 2.59 bits per heavy atom. The zero-order valence-electron chi connectivity index (χ0n) is 13.6. The van der Waals surface area contributed by atoms with Crippen LogP contribution in [0.5, 0.6) is 0 Å². The van der Waals surface area contributed by atoms with Crippen molar-refractivity contribution in [3.63, 3.8) is 0 Å². The van der Waals surface area contributed by atoms with Crippen molar-refractivity contribution in [3.8, 4) is 0 Å². The molecule has 3 N–H and O–H groups in total. The van der Waals surface area contributed by atoms with E-state index in [-0.39, 0.29) is 18.3 Å². The molecule has 6 heteroatoms. The Hall–Kier alpha value is -0.620. The molecule has 22 heavy (non-hydrogen) atoms. The Morgan fingerprint density at radius 2 is 2.00 bits per heavy atom. The van der Waals surface area contributed by atoms with Crippen LogP contribution in [0.2, 0.25) is 0 Å². The average molecular weight is 347 g/mol. The second-order valence-electron chi connectivity index (χ2n) is 6.38. The molecule has 1 aromatic carbocycles. The van der Waals surface area contributed by atoms with Gasteiger partial charge in [0.25, 0.3) is 0 Å². The SMILES string of the molecule is Cc1ccc(C)c(S(=O)(=O)NC2(CN)CCCCC2C)c1.Cl. The molecule has 2 atom stereocenters. The van der Waals surface area contributed by atoms with Crippen molar-refractivity contribution in [2.24, 2.45) is 11.7 Å². The van der Waals surface area contributed by atoms with E-state index in [0.29, 0.717) is 11.4 Å². The summed E-state index contributed by atoms with van der Waals surface area (Å²) in [5, 5.41) is 0. The largest absolute Gasteiger partial charge is 0.329 e. The summed E-state index contributed by atoms with van der Waals surface area (Å²) in [6, 6.07) is 5.51. The van der Waals surface area contributed by atoms with Crippen molar-refractivity contribution in [2.75, 3.05) is 6.54 Å². The van der Waals surface area contributed by atoms with E-state index in [1.807, 2.05) is 26.0 Å². The molecule has 0 radical (unpaired) electrons. The first-order chi connectivity index (χ1) is 9.81. The number of hydrogen-bond acceptors (Lipinski definition) is 3. The normalized spacial score (nSPS) is 25.5. The lowest BCUT2D eigenvalue weighted by Gasteiger charge is -2.42. The number of sulfonamides is 1. The van der Waals surface area contributed by atoms with Crippen LogP contribution >= 0.6 is 12.4 Å². The number of benzene rings is 1. The summed E-state index contributed by atoms with van der Waals surface area (Å²) in [6.07, 6.45) is 4.01. The van der Waals surface area contributed by atoms with Gasteiger partial charge in [-0.15, -0.1) is 12.4 Å². The van der Waals surface area contributed by atoms with E-state index in [4.69, 9.17) is 5.73 Å². The van der Waals surface area contributed by atoms with Crippen molar-refractivity contribution in [1.29, 1.82) is 0 Å². The topological polar surface area (TPSA) is 72.2 Å². The van der Waals surface area contributed by atoms with Gasteiger partial charge in [0.2, 0.25) is 10.0 Å². The second-order valence-corrected chi connectivity index (χ2v) is 8.03. The van der Waals surface area contributed by atoms with Crippen molar-refractivity contribution >= 4 is 22.4 Å². The third kappa shape index (κ3) is 3.82. The molecule has 1 aliphatic carbocycles. The van der Waals surface area contributed by atoms with E-state index >= 15 is 0 Å². The minimum absolute atomic E-state index is 0. The lowest BCUT2D eigenvalue weighted by molar-refractivity contribution is 0.191. The van der Waals surface area contributed by atoms with Crippen molar-refractivity contribution in [3.05, 3.63) is 29.3 Å². The number of nitrogens with one attached hydrogen (secondary N) is 1. The molecule has 0 aliphatic heterocycles. The van der Waals surface area contributed by atoms with Crippen LogP contribution in [0.1, 0.15) is 43.7 Å². The van der Waals surface area contributed by atoms with Gasteiger partial charge in [-0.25, -0.2) is 13.1 Å². The molecule has 0 bridgehead atoms. The fourth-order valence-corrected chi connectivity index (χ4v) is 5.09. The van der Waals surface area contributed by atoms with E-state index in [1.165, 1.54) is 0 Å². The van der Waals surface area contributed by atoms with Crippen LogP contribution in [0.15, 0.2) is 23.1 Å². The summed E-state index contributed by atoms with van der Waals surface area (Å²) in [6.45, 7) is 6.17. The molecule has 4 nitrogen and oxygen atoms in total. The van der Waals surface area contributed by atoms with Crippen molar-refractivity contribution in [1.82, 2.24) is 4.72 Å². The molecule has 126 valence electrons. The Bertz CT molecular complexity index is 619. The standard InChI is InChI=1S/C16H26N2O2S.ClH/c1-12-7-8-13(2)15(10-12)21(19,20)18-16(11-17)9-5-4-6-14(16)3;/h7-8,10,14,18H,4-6,9,11,17H2,1-3H3;1H. The van der Waals surface area contributed by atoms with Crippen molar-refractivity contribution in [2.45, 2.75) is 56.9 Å². The lowest BCUT2D eigenvalue weighted by Crippen LogP contribution is -2.59. The summed E-state index contributed by atoms with van der Waals surface area (Å²) in [7, 11) is -3.55. The smallest absolute Gasteiger partial charge is 0.241 e. The fraction of sp³-hybridized carbons (Fsp3) is 0.625. The highest BCUT2D eigenvalue weighted by Gasteiger charge is 2.40. The number of halogens is 1. The van der Waals surface area contributed by atoms with Gasteiger partial charge in [-0.3, -0.25) is 0 Å². The maximum atomic E-state index is 12.8. The third-order valence-corrected chi connectivity index (χ3v) is 6.48. The molecule has 2 unspecified atom stereocenters. The molecule has 1 aliphatic rings. The van der Waals surface area contributed by atoms with Crippen LogP contribution in [0.3, 0.4) is 0 Å². The summed E-state index contributed by atoms with van der Waals surface area (Å²) in [5.41, 5.74) is 7.16. The van der Waals surface area contributed by atoms with E-state index in [1.54, 1.807) is 6.07 Å². The first-order valence-electron chi connectivity index (χ1n) is 7.62. The monoisotopic (exact) mass is 346 g/mol. The van der Waals surface area contributed by atoms with Crippen LogP contribution in [0, 0.1) is 19.8 Å². The van der Waals surface area contributed by atoms with E-state index < -0.39 is 15.6 Å². The number of hydrogen-bond donors (Lipinski definition) is 2. The average Bonchev–Trinajstić information content (AvgIpc) is 2.44. The van der Waals surface area contributed by atoms with Crippen molar-refractivity contribution < 1.29 is 8.42 Å². The maximum absolute atomic E-state index is 12.8. The molecule has 0 spiro atoms. The summed E-state index contributed by atoms with van der Waals surface area (Å²) >= 11 is 0. The summed E-state index contributed by atoms with van der Waals surface area (Å²) in [4.78, 5) is 0.369. The second kappa shape index (κ2) is 7.30. The quantitative estimate of drug-likeness (QED) is 0.880. The molecule has 0 saturated heterocycles. The van der Waals surface area contributed by atoms with E-state index in [9.17, 15) is 8.42 Å². The van der Waals surface area contributed by atoms with Gasteiger partial charge < -0.3 is 5.73 Å². The van der Waals surface area contributed by atoms with E-state index in [0.717, 1.165) is 36.8 Å². The fourth-order valence-electron chi connectivity index (χ4n) is 3.23. The molecule has 1 saturated carbocycles. The van der Waals surface area contributed by atoms with Gasteiger partial charge >= 0.3 is 0 Å². The Morgan fingerprint density at radius 1 is 1.32 bits per heavy atom. The van der Waals surface area contributed by atoms with Crippen LogP contribution in [0.4, 0.5) is 0 Å².